The van der Waals surface area contributed by atoms with Crippen LogP contribution in [0.1, 0.15) is 83.3 Å². The standard InChI is InChI=1S/C29H47F5N4O2SSi/c1-20(35-14-13-29(32,33)34)21-10-11-23-24(17-21)38(19-40-15-16-42(5,6)7)26(36-23)25(37-41(39)27(2,3)4)22-9-8-12-28(30,31)18-22/h10-11,17,20,22,25,35,37H,8-9,12-16,18-19H2,1-7H3/t20-,22-,25+,41?/m1/s1. The SMILES string of the molecule is C[C@@H](NCCC(F)(F)F)c1ccc2nc([C@@H](N[S+]([O-])C(C)(C)C)[C@@H]3CCCC(F)(F)C3)n(COCC[Si](C)(C)C)c2c1. The van der Waals surface area contributed by atoms with E-state index in [9.17, 15) is 26.5 Å². The van der Waals surface area contributed by atoms with Crippen LogP contribution in [0.4, 0.5) is 22.0 Å². The van der Waals surface area contributed by atoms with Crippen LogP contribution in [0.3, 0.4) is 0 Å². The molecule has 1 aliphatic carbocycles. The summed E-state index contributed by atoms with van der Waals surface area (Å²) in [6, 6.07) is 5.33. The normalized spacial score (nSPS) is 20.5. The average molecular weight is 639 g/mol. The molecule has 1 heterocycles. The van der Waals surface area contributed by atoms with Gasteiger partial charge in [-0.05, 0) is 70.2 Å². The zero-order valence-corrected chi connectivity index (χ0v) is 27.7. The number of benzene rings is 1. The third kappa shape index (κ3) is 10.4. The first kappa shape index (κ1) is 35.2. The van der Waals surface area contributed by atoms with E-state index in [0.717, 1.165) is 11.6 Å². The quantitative estimate of drug-likeness (QED) is 0.101. The van der Waals surface area contributed by atoms with E-state index in [2.05, 4.69) is 29.7 Å². The highest BCUT2D eigenvalue weighted by molar-refractivity contribution is 7.90. The summed E-state index contributed by atoms with van der Waals surface area (Å²) in [6.45, 7) is 14.4. The summed E-state index contributed by atoms with van der Waals surface area (Å²) in [5.74, 6) is -2.84. The van der Waals surface area contributed by atoms with E-state index in [-0.39, 0.29) is 32.2 Å². The van der Waals surface area contributed by atoms with Gasteiger partial charge in [0.05, 0.1) is 17.5 Å². The maximum atomic E-state index is 14.7. The molecule has 1 aliphatic rings. The number of hydrogen-bond donors (Lipinski definition) is 2. The van der Waals surface area contributed by atoms with Gasteiger partial charge in [-0.2, -0.15) is 13.2 Å². The first-order valence-electron chi connectivity index (χ1n) is 14.7. The first-order valence-corrected chi connectivity index (χ1v) is 19.6. The second-order valence-electron chi connectivity index (χ2n) is 13.7. The first-order chi connectivity index (χ1) is 19.3. The predicted molar refractivity (Wildman–Crippen MR) is 162 cm³/mol. The van der Waals surface area contributed by atoms with Gasteiger partial charge >= 0.3 is 6.18 Å². The molecule has 1 saturated carbocycles. The summed E-state index contributed by atoms with van der Waals surface area (Å²) in [4.78, 5) is 4.87. The molecule has 13 heteroatoms. The minimum absolute atomic E-state index is 0.124. The highest BCUT2D eigenvalue weighted by Crippen LogP contribution is 2.43. The number of nitrogens with zero attached hydrogens (tertiary/aromatic N) is 2. The Morgan fingerprint density at radius 1 is 1.21 bits per heavy atom. The molecule has 0 spiro atoms. The van der Waals surface area contributed by atoms with Crippen molar-refractivity contribution >= 4 is 30.5 Å². The molecule has 42 heavy (non-hydrogen) atoms. The Kier molecular flexibility index (Phi) is 11.6. The fourth-order valence-electron chi connectivity index (χ4n) is 5.03. The van der Waals surface area contributed by atoms with Crippen LogP contribution in [0.15, 0.2) is 18.2 Å². The zero-order valence-electron chi connectivity index (χ0n) is 25.8. The second-order valence-corrected chi connectivity index (χ2v) is 21.3. The molecule has 3 rings (SSSR count). The Balaban J connectivity index is 2.03. The van der Waals surface area contributed by atoms with Gasteiger partial charge in [0.1, 0.15) is 23.3 Å². The van der Waals surface area contributed by atoms with Crippen molar-refractivity contribution < 1.29 is 31.2 Å². The van der Waals surface area contributed by atoms with Crippen LogP contribution in [0, 0.1) is 5.92 Å². The Labute approximate surface area is 250 Å². The minimum atomic E-state index is -4.25. The third-order valence-corrected chi connectivity index (χ3v) is 10.9. The Hall–Kier alpha value is -1.25. The summed E-state index contributed by atoms with van der Waals surface area (Å²) in [6.07, 6.45) is -4.79. The number of ether oxygens (including phenoxy) is 1. The molecule has 1 aromatic heterocycles. The van der Waals surface area contributed by atoms with E-state index in [1.54, 1.807) is 13.0 Å². The van der Waals surface area contributed by atoms with Crippen LogP contribution in [0.25, 0.3) is 11.0 Å². The molecule has 6 nitrogen and oxygen atoms in total. The molecule has 2 N–H and O–H groups in total. The van der Waals surface area contributed by atoms with Gasteiger partial charge < -0.3 is 19.2 Å². The van der Waals surface area contributed by atoms with Gasteiger partial charge in [0.25, 0.3) is 0 Å². The van der Waals surface area contributed by atoms with Crippen molar-refractivity contribution in [3.8, 4) is 0 Å². The van der Waals surface area contributed by atoms with Gasteiger partial charge in [-0.25, -0.2) is 13.8 Å². The number of nitrogens with one attached hydrogen (secondary N) is 2. The molecule has 2 aromatic rings. The molecule has 0 amide bonds. The van der Waals surface area contributed by atoms with Crippen molar-refractivity contribution in [2.45, 2.75) is 121 Å². The summed E-state index contributed by atoms with van der Waals surface area (Å²) >= 11 is -1.55. The topological polar surface area (TPSA) is 74.2 Å². The van der Waals surface area contributed by atoms with E-state index in [1.807, 2.05) is 37.5 Å². The van der Waals surface area contributed by atoms with Crippen molar-refractivity contribution in [1.29, 1.82) is 0 Å². The van der Waals surface area contributed by atoms with Crippen molar-refractivity contribution in [3.05, 3.63) is 29.6 Å². The average Bonchev–Trinajstić information content (AvgIpc) is 3.19. The highest BCUT2D eigenvalue weighted by atomic mass is 32.2. The lowest BCUT2D eigenvalue weighted by Crippen LogP contribution is -2.45. The molecular formula is C29H47F5N4O2SSi. The summed E-state index contributed by atoms with van der Waals surface area (Å²) in [5.41, 5.74) is 2.07. The fourth-order valence-corrected chi connectivity index (χ4v) is 6.67. The number of fused-ring (bicyclic) bond motifs is 1. The number of halogens is 5. The monoisotopic (exact) mass is 638 g/mol. The van der Waals surface area contributed by atoms with Crippen molar-refractivity contribution in [1.82, 2.24) is 19.6 Å². The number of rotatable bonds is 13. The number of hydrogen-bond acceptors (Lipinski definition) is 5. The molecule has 0 saturated heterocycles. The minimum Gasteiger partial charge on any atom is -0.598 e. The van der Waals surface area contributed by atoms with Gasteiger partial charge in [-0.1, -0.05) is 25.7 Å². The van der Waals surface area contributed by atoms with E-state index < -0.39 is 54.7 Å². The Bertz CT molecular complexity index is 1170. The summed E-state index contributed by atoms with van der Waals surface area (Å²) in [7, 11) is -1.38. The lowest BCUT2D eigenvalue weighted by Gasteiger charge is -2.36. The molecule has 1 unspecified atom stereocenters. The predicted octanol–water partition coefficient (Wildman–Crippen LogP) is 7.87. The van der Waals surface area contributed by atoms with E-state index in [0.29, 0.717) is 36.3 Å². The van der Waals surface area contributed by atoms with E-state index >= 15 is 0 Å². The van der Waals surface area contributed by atoms with Crippen molar-refractivity contribution in [2.75, 3.05) is 13.2 Å². The van der Waals surface area contributed by atoms with Crippen LogP contribution < -0.4 is 10.0 Å². The zero-order chi connectivity index (χ0) is 31.5. The van der Waals surface area contributed by atoms with Crippen LogP contribution in [0.5, 0.6) is 0 Å². The molecule has 0 aliphatic heterocycles. The maximum absolute atomic E-state index is 14.7. The molecule has 0 radical (unpaired) electrons. The molecule has 240 valence electrons. The summed E-state index contributed by atoms with van der Waals surface area (Å²) < 4.78 is 91.2. The number of alkyl halides is 5. The molecule has 1 fully saturated rings. The smallest absolute Gasteiger partial charge is 0.390 e. The van der Waals surface area contributed by atoms with Gasteiger partial charge in [-0.3, -0.25) is 0 Å². The van der Waals surface area contributed by atoms with Gasteiger partial charge in [0.2, 0.25) is 5.92 Å². The van der Waals surface area contributed by atoms with Crippen molar-refractivity contribution in [3.63, 3.8) is 0 Å². The summed E-state index contributed by atoms with van der Waals surface area (Å²) in [5, 5.41) is 2.93. The number of imidazole rings is 1. The fraction of sp³-hybridized carbons (Fsp3) is 0.759. The van der Waals surface area contributed by atoms with Crippen LogP contribution in [0.2, 0.25) is 25.7 Å². The van der Waals surface area contributed by atoms with Gasteiger partial charge in [0.15, 0.2) is 0 Å². The van der Waals surface area contributed by atoms with Gasteiger partial charge in [-0.15, -0.1) is 4.72 Å². The van der Waals surface area contributed by atoms with Crippen LogP contribution >= 0.6 is 0 Å². The lowest BCUT2D eigenvalue weighted by molar-refractivity contribution is -0.133. The number of aromatic nitrogens is 2. The van der Waals surface area contributed by atoms with E-state index in [1.165, 1.54) is 0 Å². The van der Waals surface area contributed by atoms with Gasteiger partial charge in [0, 0.05) is 51.5 Å². The van der Waals surface area contributed by atoms with Crippen LogP contribution in [-0.4, -0.2) is 52.2 Å². The second kappa shape index (κ2) is 13.8. The molecule has 4 atom stereocenters. The Morgan fingerprint density at radius 3 is 2.50 bits per heavy atom. The lowest BCUT2D eigenvalue weighted by atomic mass is 9.81. The molecular weight excluding hydrogens is 591 g/mol. The molecule has 0 bridgehead atoms. The third-order valence-electron chi connectivity index (χ3n) is 7.60. The highest BCUT2D eigenvalue weighted by Gasteiger charge is 2.44. The molecule has 1 aromatic carbocycles. The van der Waals surface area contributed by atoms with E-state index in [4.69, 9.17) is 9.72 Å². The largest absolute Gasteiger partial charge is 0.598 e. The maximum Gasteiger partial charge on any atom is 0.390 e. The van der Waals surface area contributed by atoms with Crippen LogP contribution in [-0.2, 0) is 22.8 Å². The van der Waals surface area contributed by atoms with Crippen molar-refractivity contribution in [2.24, 2.45) is 5.92 Å². The Morgan fingerprint density at radius 2 is 1.90 bits per heavy atom.